The van der Waals surface area contributed by atoms with Crippen molar-refractivity contribution in [2.45, 2.75) is 6.42 Å². The molecule has 0 saturated heterocycles. The van der Waals surface area contributed by atoms with Gasteiger partial charge in [0.25, 0.3) is 0 Å². The van der Waals surface area contributed by atoms with Crippen molar-refractivity contribution in [3.63, 3.8) is 0 Å². The average Bonchev–Trinajstić information content (AvgIpc) is 2.39. The van der Waals surface area contributed by atoms with Crippen molar-refractivity contribution in [2.75, 3.05) is 11.9 Å². The molecular formula is C9H9N3O2. The number of hydrogen-bond acceptors (Lipinski definition) is 4. The van der Waals surface area contributed by atoms with E-state index in [1.165, 1.54) is 6.33 Å². The minimum absolute atomic E-state index is 0.381. The van der Waals surface area contributed by atoms with E-state index in [1.807, 2.05) is 0 Å². The summed E-state index contributed by atoms with van der Waals surface area (Å²) in [6.07, 6.45) is 5.14. The highest BCUT2D eigenvalue weighted by Gasteiger charge is 2.13. The Balaban J connectivity index is 2.44. The molecule has 0 aromatic carbocycles. The van der Waals surface area contributed by atoms with E-state index in [0.29, 0.717) is 24.4 Å². The zero-order chi connectivity index (χ0) is 9.97. The second-order valence-electron chi connectivity index (χ2n) is 2.98. The van der Waals surface area contributed by atoms with Crippen molar-refractivity contribution < 1.29 is 9.90 Å². The third-order valence-corrected chi connectivity index (χ3v) is 2.03. The number of aliphatic carboxylic acids is 1. The molecule has 0 amide bonds. The molecule has 0 radical (unpaired) electrons. The summed E-state index contributed by atoms with van der Waals surface area (Å²) in [5.74, 6) is -0.195. The Kier molecular flexibility index (Phi) is 2.14. The van der Waals surface area contributed by atoms with Crippen LogP contribution in [0.1, 0.15) is 12.0 Å². The van der Waals surface area contributed by atoms with Crippen molar-refractivity contribution in [1.82, 2.24) is 9.97 Å². The highest BCUT2D eigenvalue weighted by molar-refractivity contribution is 5.93. The van der Waals surface area contributed by atoms with E-state index in [1.54, 1.807) is 12.3 Å². The summed E-state index contributed by atoms with van der Waals surface area (Å²) in [5, 5.41) is 11.9. The SMILES string of the molecule is O=C(O)C1=Cc2cncnc2NCC1. The minimum Gasteiger partial charge on any atom is -0.478 e. The van der Waals surface area contributed by atoms with Crippen LogP contribution in [-0.4, -0.2) is 27.6 Å². The molecule has 14 heavy (non-hydrogen) atoms. The lowest BCUT2D eigenvalue weighted by Crippen LogP contribution is -2.06. The van der Waals surface area contributed by atoms with E-state index in [2.05, 4.69) is 15.3 Å². The van der Waals surface area contributed by atoms with E-state index in [0.717, 1.165) is 5.56 Å². The molecule has 2 heterocycles. The van der Waals surface area contributed by atoms with Gasteiger partial charge < -0.3 is 10.4 Å². The van der Waals surface area contributed by atoms with E-state index in [-0.39, 0.29) is 0 Å². The topological polar surface area (TPSA) is 75.1 Å². The first-order valence-electron chi connectivity index (χ1n) is 4.25. The highest BCUT2D eigenvalue weighted by atomic mass is 16.4. The molecule has 0 saturated carbocycles. The fourth-order valence-electron chi connectivity index (χ4n) is 1.34. The average molecular weight is 191 g/mol. The Morgan fingerprint density at radius 3 is 3.21 bits per heavy atom. The number of carbonyl (C=O) groups is 1. The molecule has 0 fully saturated rings. The van der Waals surface area contributed by atoms with E-state index >= 15 is 0 Å². The Hall–Kier alpha value is -1.91. The number of rotatable bonds is 1. The van der Waals surface area contributed by atoms with E-state index in [9.17, 15) is 4.79 Å². The number of hydrogen-bond donors (Lipinski definition) is 2. The van der Waals surface area contributed by atoms with Gasteiger partial charge in [-0.2, -0.15) is 0 Å². The van der Waals surface area contributed by atoms with Crippen LogP contribution in [0.2, 0.25) is 0 Å². The number of nitrogens with zero attached hydrogens (tertiary/aromatic N) is 2. The second-order valence-corrected chi connectivity index (χ2v) is 2.98. The van der Waals surface area contributed by atoms with Crippen LogP contribution in [0.5, 0.6) is 0 Å². The lowest BCUT2D eigenvalue weighted by molar-refractivity contribution is -0.132. The van der Waals surface area contributed by atoms with Gasteiger partial charge in [-0.05, 0) is 12.5 Å². The number of nitrogens with one attached hydrogen (secondary N) is 1. The largest absolute Gasteiger partial charge is 0.478 e. The molecule has 1 aromatic rings. The first kappa shape index (κ1) is 8.68. The number of carboxylic acid groups (broad SMARTS) is 1. The third kappa shape index (κ3) is 1.56. The van der Waals surface area contributed by atoms with Gasteiger partial charge in [-0.15, -0.1) is 0 Å². The lowest BCUT2D eigenvalue weighted by Gasteiger charge is -2.02. The second kappa shape index (κ2) is 3.45. The maximum Gasteiger partial charge on any atom is 0.331 e. The molecule has 0 aliphatic carbocycles. The Bertz CT molecular complexity index is 401. The number of carboxylic acids is 1. The molecule has 0 atom stereocenters. The van der Waals surface area contributed by atoms with Crippen LogP contribution in [0, 0.1) is 0 Å². The highest BCUT2D eigenvalue weighted by Crippen LogP contribution is 2.19. The molecule has 0 bridgehead atoms. The van der Waals surface area contributed by atoms with Gasteiger partial charge in [0.2, 0.25) is 0 Å². The maximum atomic E-state index is 10.8. The normalized spacial score (nSPS) is 14.7. The molecule has 2 N–H and O–H groups in total. The Morgan fingerprint density at radius 2 is 2.43 bits per heavy atom. The van der Waals surface area contributed by atoms with Gasteiger partial charge in [0.1, 0.15) is 12.1 Å². The quantitative estimate of drug-likeness (QED) is 0.685. The van der Waals surface area contributed by atoms with Crippen LogP contribution in [0.15, 0.2) is 18.1 Å². The van der Waals surface area contributed by atoms with Gasteiger partial charge >= 0.3 is 5.97 Å². The van der Waals surface area contributed by atoms with Crippen LogP contribution in [0.4, 0.5) is 5.82 Å². The van der Waals surface area contributed by atoms with Gasteiger partial charge in [-0.1, -0.05) is 0 Å². The van der Waals surface area contributed by atoms with E-state index < -0.39 is 5.97 Å². The van der Waals surface area contributed by atoms with Crippen LogP contribution >= 0.6 is 0 Å². The van der Waals surface area contributed by atoms with Crippen molar-refractivity contribution in [3.05, 3.63) is 23.7 Å². The van der Waals surface area contributed by atoms with Gasteiger partial charge in [0, 0.05) is 23.9 Å². The molecule has 1 aromatic heterocycles. The first-order chi connectivity index (χ1) is 6.77. The van der Waals surface area contributed by atoms with Gasteiger partial charge in [-0.3, -0.25) is 0 Å². The van der Waals surface area contributed by atoms with Crippen LogP contribution in [0.25, 0.3) is 6.08 Å². The number of anilines is 1. The smallest absolute Gasteiger partial charge is 0.331 e. The Labute approximate surface area is 80.5 Å². The zero-order valence-corrected chi connectivity index (χ0v) is 7.40. The molecule has 0 spiro atoms. The summed E-state index contributed by atoms with van der Waals surface area (Å²) < 4.78 is 0. The van der Waals surface area contributed by atoms with Crippen molar-refractivity contribution >= 4 is 17.9 Å². The van der Waals surface area contributed by atoms with Crippen LogP contribution < -0.4 is 5.32 Å². The molecule has 1 aliphatic rings. The molecular weight excluding hydrogens is 182 g/mol. The van der Waals surface area contributed by atoms with Gasteiger partial charge in [-0.25, -0.2) is 14.8 Å². The number of aromatic nitrogens is 2. The van der Waals surface area contributed by atoms with Gasteiger partial charge in [0.05, 0.1) is 0 Å². The van der Waals surface area contributed by atoms with Gasteiger partial charge in [0.15, 0.2) is 0 Å². The monoisotopic (exact) mass is 191 g/mol. The summed E-state index contributed by atoms with van der Waals surface area (Å²) in [4.78, 5) is 18.6. The first-order valence-corrected chi connectivity index (χ1v) is 4.25. The number of fused-ring (bicyclic) bond motifs is 1. The predicted molar refractivity (Wildman–Crippen MR) is 50.8 cm³/mol. The molecule has 2 rings (SSSR count). The fourth-order valence-corrected chi connectivity index (χ4v) is 1.34. The maximum absolute atomic E-state index is 10.8. The lowest BCUT2D eigenvalue weighted by atomic mass is 10.1. The molecule has 0 unspecified atom stereocenters. The van der Waals surface area contributed by atoms with Crippen molar-refractivity contribution in [3.8, 4) is 0 Å². The summed E-state index contributed by atoms with van der Waals surface area (Å²) in [6.45, 7) is 0.585. The molecule has 5 heteroatoms. The van der Waals surface area contributed by atoms with E-state index in [4.69, 9.17) is 5.11 Å². The van der Waals surface area contributed by atoms with Crippen molar-refractivity contribution in [1.29, 1.82) is 0 Å². The fraction of sp³-hybridized carbons (Fsp3) is 0.222. The predicted octanol–water partition coefficient (Wildman–Crippen LogP) is 0.760. The summed E-state index contributed by atoms with van der Waals surface area (Å²) in [6, 6.07) is 0. The summed E-state index contributed by atoms with van der Waals surface area (Å²) in [5.41, 5.74) is 1.11. The van der Waals surface area contributed by atoms with Crippen molar-refractivity contribution in [2.24, 2.45) is 0 Å². The summed E-state index contributed by atoms with van der Waals surface area (Å²) >= 11 is 0. The third-order valence-electron chi connectivity index (χ3n) is 2.03. The molecule has 5 nitrogen and oxygen atoms in total. The zero-order valence-electron chi connectivity index (χ0n) is 7.40. The standard InChI is InChI=1S/C9H9N3O2/c13-9(14)6-1-2-11-8-7(3-6)4-10-5-12-8/h3-5H,1-2H2,(H,13,14)(H,10,11,12). The molecule has 72 valence electrons. The Morgan fingerprint density at radius 1 is 1.57 bits per heavy atom. The summed E-state index contributed by atoms with van der Waals surface area (Å²) in [7, 11) is 0. The van der Waals surface area contributed by atoms with Crippen LogP contribution in [-0.2, 0) is 4.79 Å². The minimum atomic E-state index is -0.886. The molecule has 1 aliphatic heterocycles. The van der Waals surface area contributed by atoms with Crippen LogP contribution in [0.3, 0.4) is 0 Å².